The summed E-state index contributed by atoms with van der Waals surface area (Å²) in [6, 6.07) is 0.844. The third kappa shape index (κ3) is 4.35. The smallest absolute Gasteiger partial charge is 0.411 e. The van der Waals surface area contributed by atoms with Crippen LogP contribution in [-0.2, 0) is 4.74 Å². The fourth-order valence-corrected chi connectivity index (χ4v) is 2.26. The van der Waals surface area contributed by atoms with Gasteiger partial charge in [-0.15, -0.1) is 0 Å². The molecular formula is C16H18ClFN2O2. The molecule has 0 N–H and O–H groups in total. The Hall–Kier alpha value is -1.80. The van der Waals surface area contributed by atoms with Gasteiger partial charge < -0.3 is 4.74 Å². The number of amides is 1. The summed E-state index contributed by atoms with van der Waals surface area (Å²) in [6.07, 6.45) is 2.49. The highest BCUT2D eigenvalue weighted by molar-refractivity contribution is 6.29. The fraction of sp³-hybridized carbons (Fsp3) is 0.500. The minimum Gasteiger partial charge on any atom is -0.444 e. The molecule has 1 aromatic rings. The zero-order valence-electron chi connectivity index (χ0n) is 12.8. The average molecular weight is 325 g/mol. The van der Waals surface area contributed by atoms with Crippen molar-refractivity contribution in [1.29, 1.82) is 0 Å². The summed E-state index contributed by atoms with van der Waals surface area (Å²) in [5.41, 5.74) is -0.385. The van der Waals surface area contributed by atoms with Gasteiger partial charge in [0.15, 0.2) is 0 Å². The minimum atomic E-state index is -0.552. The molecule has 1 unspecified atom stereocenters. The van der Waals surface area contributed by atoms with E-state index < -0.39 is 11.4 Å². The van der Waals surface area contributed by atoms with Crippen LogP contribution in [0, 0.1) is 17.7 Å². The molecule has 4 nitrogen and oxygen atoms in total. The van der Waals surface area contributed by atoms with Crippen molar-refractivity contribution in [2.75, 3.05) is 6.54 Å². The zero-order valence-corrected chi connectivity index (χ0v) is 13.6. The van der Waals surface area contributed by atoms with Crippen LogP contribution in [0.25, 0.3) is 0 Å². The van der Waals surface area contributed by atoms with E-state index in [9.17, 15) is 9.18 Å². The van der Waals surface area contributed by atoms with Gasteiger partial charge in [0.2, 0.25) is 0 Å². The van der Waals surface area contributed by atoms with Crippen molar-refractivity contribution < 1.29 is 13.9 Å². The van der Waals surface area contributed by atoms with Crippen molar-refractivity contribution in [2.45, 2.75) is 45.3 Å². The molecule has 1 fully saturated rings. The van der Waals surface area contributed by atoms with Crippen LogP contribution in [0.15, 0.2) is 12.3 Å². The van der Waals surface area contributed by atoms with Gasteiger partial charge in [0.1, 0.15) is 16.6 Å². The standard InChI is InChI=1S/C16H18ClFN2O2/c1-16(2,3)22-15(21)20-8-4-5-12(20)7-6-11-10-19-14(17)9-13(11)18/h9-10,12H,4-5,8H2,1-3H3. The van der Waals surface area contributed by atoms with E-state index in [2.05, 4.69) is 16.8 Å². The number of halogens is 2. The lowest BCUT2D eigenvalue weighted by atomic mass is 10.2. The lowest BCUT2D eigenvalue weighted by Crippen LogP contribution is -2.39. The van der Waals surface area contributed by atoms with Crippen LogP contribution in [0.1, 0.15) is 39.2 Å². The van der Waals surface area contributed by atoms with Crippen molar-refractivity contribution in [1.82, 2.24) is 9.88 Å². The predicted octanol–water partition coefficient (Wildman–Crippen LogP) is 3.63. The number of carbonyl (C=O) groups is 1. The fourth-order valence-electron chi connectivity index (χ4n) is 2.12. The summed E-state index contributed by atoms with van der Waals surface area (Å²) in [5, 5.41) is 0.0827. The van der Waals surface area contributed by atoms with Crippen LogP contribution in [0.5, 0.6) is 0 Å². The molecule has 1 saturated heterocycles. The molecule has 2 rings (SSSR count). The number of hydrogen-bond acceptors (Lipinski definition) is 3. The molecule has 0 aliphatic carbocycles. The lowest BCUT2D eigenvalue weighted by Gasteiger charge is -2.26. The second-order valence-corrected chi connectivity index (χ2v) is 6.48. The van der Waals surface area contributed by atoms with E-state index in [0.717, 1.165) is 18.9 Å². The van der Waals surface area contributed by atoms with Gasteiger partial charge >= 0.3 is 6.09 Å². The molecule has 2 heterocycles. The largest absolute Gasteiger partial charge is 0.444 e. The zero-order chi connectivity index (χ0) is 16.3. The van der Waals surface area contributed by atoms with Gasteiger partial charge in [-0.25, -0.2) is 14.2 Å². The van der Waals surface area contributed by atoms with Gasteiger partial charge in [0, 0.05) is 18.8 Å². The van der Waals surface area contributed by atoms with E-state index in [-0.39, 0.29) is 22.9 Å². The quantitative estimate of drug-likeness (QED) is 0.540. The Morgan fingerprint density at radius 2 is 2.27 bits per heavy atom. The van der Waals surface area contributed by atoms with E-state index in [1.54, 1.807) is 4.90 Å². The Kier molecular flexibility index (Phi) is 4.92. The van der Waals surface area contributed by atoms with Crippen molar-refractivity contribution >= 4 is 17.7 Å². The maximum atomic E-state index is 13.7. The van der Waals surface area contributed by atoms with E-state index in [4.69, 9.17) is 16.3 Å². The van der Waals surface area contributed by atoms with E-state index in [0.29, 0.717) is 6.54 Å². The number of aromatic nitrogens is 1. The summed E-state index contributed by atoms with van der Waals surface area (Å²) >= 11 is 5.60. The molecule has 22 heavy (non-hydrogen) atoms. The summed E-state index contributed by atoms with van der Waals surface area (Å²) in [4.78, 5) is 17.5. The normalized spacial score (nSPS) is 17.9. The molecule has 1 amide bonds. The number of rotatable bonds is 0. The highest BCUT2D eigenvalue weighted by atomic mass is 35.5. The number of carbonyl (C=O) groups excluding carboxylic acids is 1. The molecule has 0 spiro atoms. The van der Waals surface area contributed by atoms with Crippen LogP contribution in [-0.4, -0.2) is 34.2 Å². The average Bonchev–Trinajstić information content (AvgIpc) is 2.84. The molecule has 0 radical (unpaired) electrons. The van der Waals surface area contributed by atoms with Gasteiger partial charge in [-0.1, -0.05) is 23.4 Å². The Labute approximate surface area is 134 Å². The van der Waals surface area contributed by atoms with Gasteiger partial charge in [-0.2, -0.15) is 0 Å². The third-order valence-corrected chi connectivity index (χ3v) is 3.28. The topological polar surface area (TPSA) is 42.4 Å². The number of likely N-dealkylation sites (tertiary alicyclic amines) is 1. The predicted molar refractivity (Wildman–Crippen MR) is 82.0 cm³/mol. The number of hydrogen-bond donors (Lipinski definition) is 0. The first-order chi connectivity index (χ1) is 10.3. The van der Waals surface area contributed by atoms with Crippen molar-refractivity contribution in [3.05, 3.63) is 28.8 Å². The van der Waals surface area contributed by atoms with E-state index in [1.807, 2.05) is 20.8 Å². The second kappa shape index (κ2) is 6.53. The SMILES string of the molecule is CC(C)(C)OC(=O)N1CCCC1C#Cc1cnc(Cl)cc1F. The highest BCUT2D eigenvalue weighted by Gasteiger charge is 2.31. The van der Waals surface area contributed by atoms with Crippen LogP contribution >= 0.6 is 11.6 Å². The Bertz CT molecular complexity index is 631. The van der Waals surface area contributed by atoms with Crippen molar-refractivity contribution in [3.8, 4) is 11.8 Å². The van der Waals surface area contributed by atoms with Gasteiger partial charge in [-0.05, 0) is 33.6 Å². The minimum absolute atomic E-state index is 0.0827. The molecule has 0 saturated carbocycles. The molecule has 1 atom stereocenters. The first-order valence-electron chi connectivity index (χ1n) is 7.08. The first kappa shape index (κ1) is 16.6. The molecule has 0 aromatic carbocycles. The summed E-state index contributed by atoms with van der Waals surface area (Å²) in [5.74, 6) is 5.14. The first-order valence-corrected chi connectivity index (χ1v) is 7.46. The molecule has 1 aromatic heterocycles. The maximum absolute atomic E-state index is 13.7. The second-order valence-electron chi connectivity index (χ2n) is 6.09. The van der Waals surface area contributed by atoms with Crippen LogP contribution in [0.4, 0.5) is 9.18 Å². The molecular weight excluding hydrogens is 307 g/mol. The Balaban J connectivity index is 2.12. The summed E-state index contributed by atoms with van der Waals surface area (Å²) in [6.45, 7) is 6.04. The number of ether oxygens (including phenoxy) is 1. The molecule has 6 heteroatoms. The molecule has 0 bridgehead atoms. The van der Waals surface area contributed by atoms with Gasteiger partial charge in [0.05, 0.1) is 11.6 Å². The Morgan fingerprint density at radius 3 is 2.91 bits per heavy atom. The molecule has 1 aliphatic rings. The van der Waals surface area contributed by atoms with Crippen LogP contribution in [0.3, 0.4) is 0 Å². The summed E-state index contributed by atoms with van der Waals surface area (Å²) in [7, 11) is 0. The third-order valence-electron chi connectivity index (χ3n) is 3.07. The van der Waals surface area contributed by atoms with Crippen LogP contribution in [0.2, 0.25) is 5.15 Å². The van der Waals surface area contributed by atoms with Gasteiger partial charge in [-0.3, -0.25) is 4.90 Å². The van der Waals surface area contributed by atoms with Gasteiger partial charge in [0.25, 0.3) is 0 Å². The monoisotopic (exact) mass is 324 g/mol. The van der Waals surface area contributed by atoms with Crippen LogP contribution < -0.4 is 0 Å². The van der Waals surface area contributed by atoms with E-state index >= 15 is 0 Å². The lowest BCUT2D eigenvalue weighted by molar-refractivity contribution is 0.0261. The summed E-state index contributed by atoms with van der Waals surface area (Å²) < 4.78 is 19.0. The maximum Gasteiger partial charge on any atom is 0.411 e. The highest BCUT2D eigenvalue weighted by Crippen LogP contribution is 2.20. The van der Waals surface area contributed by atoms with Crippen molar-refractivity contribution in [2.24, 2.45) is 0 Å². The Morgan fingerprint density at radius 1 is 1.55 bits per heavy atom. The molecule has 1 aliphatic heterocycles. The molecule has 118 valence electrons. The van der Waals surface area contributed by atoms with E-state index in [1.165, 1.54) is 6.20 Å². The number of nitrogens with zero attached hydrogens (tertiary/aromatic N) is 2. The number of pyridine rings is 1. The van der Waals surface area contributed by atoms with Crippen molar-refractivity contribution in [3.63, 3.8) is 0 Å².